The minimum atomic E-state index is -5.04. The average Bonchev–Trinajstić information content (AvgIpc) is 3.63. The number of aliphatic hydroxyl groups excluding tert-OH is 1. The number of carbonyl (C=O) groups is 2. The molecule has 2 fully saturated rings. The van der Waals surface area contributed by atoms with E-state index in [0.29, 0.717) is 28.5 Å². The Morgan fingerprint density at radius 3 is 2.40 bits per heavy atom. The molecule has 2 aliphatic heterocycles. The molecule has 0 aliphatic carbocycles. The lowest BCUT2D eigenvalue weighted by molar-refractivity contribution is -0.645. The van der Waals surface area contributed by atoms with Gasteiger partial charge in [-0.15, -0.1) is 0 Å². The van der Waals surface area contributed by atoms with Crippen molar-refractivity contribution in [2.24, 2.45) is 0 Å². The van der Waals surface area contributed by atoms with Crippen LogP contribution in [0.2, 0.25) is 0 Å². The van der Waals surface area contributed by atoms with E-state index in [4.69, 9.17) is 9.47 Å². The van der Waals surface area contributed by atoms with Crippen LogP contribution >= 0.6 is 11.8 Å². The zero-order valence-corrected chi connectivity index (χ0v) is 27.7. The molecule has 3 aromatic carbocycles. The molecule has 2 N–H and O–H groups in total. The quantitative estimate of drug-likeness (QED) is 0.118. The van der Waals surface area contributed by atoms with Gasteiger partial charge in [-0.25, -0.2) is 0 Å². The van der Waals surface area contributed by atoms with E-state index in [0.717, 1.165) is 38.1 Å². The minimum Gasteiger partial charge on any atom is -0.618 e. The van der Waals surface area contributed by atoms with Crippen LogP contribution in [0.1, 0.15) is 53.9 Å². The Kier molecular flexibility index (Phi) is 11.1. The Labute approximate surface area is 291 Å². The largest absolute Gasteiger partial charge is 0.618 e. The van der Waals surface area contributed by atoms with Gasteiger partial charge in [0.2, 0.25) is 5.91 Å². The Morgan fingerprint density at radius 2 is 1.68 bits per heavy atom. The summed E-state index contributed by atoms with van der Waals surface area (Å²) in [5.74, 6) is -2.09. The topological polar surface area (TPSA) is 115 Å². The highest BCUT2D eigenvalue weighted by atomic mass is 32.2. The lowest BCUT2D eigenvalue weighted by atomic mass is 9.97. The second kappa shape index (κ2) is 15.6. The summed E-state index contributed by atoms with van der Waals surface area (Å²) in [7, 11) is 0. The predicted molar refractivity (Wildman–Crippen MR) is 179 cm³/mol. The highest BCUT2D eigenvalue weighted by Gasteiger charge is 2.47. The van der Waals surface area contributed by atoms with E-state index >= 15 is 0 Å². The average molecular weight is 708 g/mol. The SMILES string of the molecule is O=C(NCc1ccccc1-c1ccc(C2OC(CSc3cccc[n+]3[O-])CC(c3ccc(CO)cc3)O2)cc1)C1CCCN1C(=O)C(F)(F)F. The van der Waals surface area contributed by atoms with Crippen molar-refractivity contribution in [2.75, 3.05) is 12.3 Å². The monoisotopic (exact) mass is 707 g/mol. The van der Waals surface area contributed by atoms with E-state index < -0.39 is 30.3 Å². The van der Waals surface area contributed by atoms with Crippen molar-refractivity contribution in [1.29, 1.82) is 0 Å². The smallest absolute Gasteiger partial charge is 0.471 e. The zero-order chi connectivity index (χ0) is 35.3. The Hall–Kier alpha value is -4.43. The van der Waals surface area contributed by atoms with E-state index in [9.17, 15) is 33.1 Å². The van der Waals surface area contributed by atoms with Crippen LogP contribution in [0.4, 0.5) is 13.2 Å². The third-order valence-electron chi connectivity index (χ3n) is 8.84. The summed E-state index contributed by atoms with van der Waals surface area (Å²) in [5.41, 5.74) is 4.94. The maximum atomic E-state index is 13.1. The Balaban J connectivity index is 1.16. The Morgan fingerprint density at radius 1 is 0.960 bits per heavy atom. The molecule has 4 atom stereocenters. The number of alkyl halides is 3. The molecule has 3 heterocycles. The van der Waals surface area contributed by atoms with E-state index in [1.807, 2.05) is 78.9 Å². The molecule has 2 aliphatic rings. The molecule has 2 saturated heterocycles. The second-order valence-corrected chi connectivity index (χ2v) is 13.2. The fourth-order valence-electron chi connectivity index (χ4n) is 6.25. The summed E-state index contributed by atoms with van der Waals surface area (Å²) in [5, 5.41) is 25.0. The van der Waals surface area contributed by atoms with E-state index in [2.05, 4.69) is 5.32 Å². The number of rotatable bonds is 10. The van der Waals surface area contributed by atoms with Crippen molar-refractivity contribution in [2.45, 2.75) is 68.2 Å². The third-order valence-corrected chi connectivity index (χ3v) is 9.99. The van der Waals surface area contributed by atoms with E-state index in [-0.39, 0.29) is 38.3 Å². The molecule has 6 rings (SSSR count). The first kappa shape index (κ1) is 35.4. The molecule has 4 unspecified atom stereocenters. The zero-order valence-electron chi connectivity index (χ0n) is 26.9. The van der Waals surface area contributed by atoms with Crippen molar-refractivity contribution in [3.63, 3.8) is 0 Å². The van der Waals surface area contributed by atoms with Crippen molar-refractivity contribution < 1.29 is 42.1 Å². The van der Waals surface area contributed by atoms with Gasteiger partial charge < -0.3 is 30.0 Å². The number of thioether (sulfide) groups is 1. The van der Waals surface area contributed by atoms with Gasteiger partial charge in [0.05, 0.1) is 18.8 Å². The molecule has 1 aromatic heterocycles. The van der Waals surface area contributed by atoms with Gasteiger partial charge in [0.1, 0.15) is 6.04 Å². The number of nitrogens with one attached hydrogen (secondary N) is 1. The molecule has 0 saturated carbocycles. The van der Waals surface area contributed by atoms with Crippen LogP contribution < -0.4 is 10.0 Å². The second-order valence-electron chi connectivity index (χ2n) is 12.2. The number of ether oxygens (including phenoxy) is 2. The maximum absolute atomic E-state index is 13.1. The molecule has 0 radical (unpaired) electrons. The number of amides is 2. The fourth-order valence-corrected chi connectivity index (χ4v) is 7.18. The fraction of sp³-hybridized carbons (Fsp3) is 0.324. The molecular weight excluding hydrogens is 671 g/mol. The molecule has 0 bridgehead atoms. The van der Waals surface area contributed by atoms with Crippen LogP contribution in [0, 0.1) is 5.21 Å². The molecule has 0 spiro atoms. The van der Waals surface area contributed by atoms with Crippen LogP contribution in [0.3, 0.4) is 0 Å². The lowest BCUT2D eigenvalue weighted by Gasteiger charge is -2.36. The maximum Gasteiger partial charge on any atom is 0.471 e. The predicted octanol–water partition coefficient (Wildman–Crippen LogP) is 5.99. The standard InChI is InChI=1S/C37H36F3N3O6S/c38-37(39,40)36(46)42-18-5-8-31(42)34(45)41-21-28-6-1-2-7-30(28)25-14-16-27(17-15-25)35-48-29(23-50-33-9-3-4-19-43(33)47)20-32(49-35)26-12-10-24(22-44)11-13-26/h1-4,6-7,9-17,19,29,31-32,35,44H,5,8,18,20-23H2,(H,41,45). The molecule has 4 aromatic rings. The first-order valence-corrected chi connectivity index (χ1v) is 17.2. The van der Waals surface area contributed by atoms with Gasteiger partial charge in [0.25, 0.3) is 5.03 Å². The number of hydrogen-bond donors (Lipinski definition) is 2. The van der Waals surface area contributed by atoms with Crippen molar-refractivity contribution in [3.05, 3.63) is 125 Å². The number of halogens is 3. The van der Waals surface area contributed by atoms with E-state index in [1.54, 1.807) is 12.1 Å². The number of hydrogen-bond acceptors (Lipinski definition) is 7. The molecule has 262 valence electrons. The molecule has 50 heavy (non-hydrogen) atoms. The summed E-state index contributed by atoms with van der Waals surface area (Å²) in [6.45, 7) is -0.110. The van der Waals surface area contributed by atoms with Gasteiger partial charge in [-0.1, -0.05) is 84.6 Å². The number of carbonyl (C=O) groups excluding carboxylic acids is 2. The van der Waals surface area contributed by atoms with Gasteiger partial charge in [-0.2, -0.15) is 17.9 Å². The van der Waals surface area contributed by atoms with Crippen LogP contribution in [0.25, 0.3) is 11.1 Å². The minimum absolute atomic E-state index is 0.0625. The summed E-state index contributed by atoms with van der Waals surface area (Å²) in [6.07, 6.45) is -3.77. The molecule has 9 nitrogen and oxygen atoms in total. The molecule has 2 amide bonds. The lowest BCUT2D eigenvalue weighted by Crippen LogP contribution is -2.50. The highest BCUT2D eigenvalue weighted by molar-refractivity contribution is 7.99. The van der Waals surface area contributed by atoms with E-state index in [1.165, 1.54) is 18.0 Å². The van der Waals surface area contributed by atoms with Crippen LogP contribution in [-0.4, -0.2) is 52.4 Å². The number of pyridine rings is 1. The highest BCUT2D eigenvalue weighted by Crippen LogP contribution is 2.40. The number of aliphatic hydroxyl groups is 1. The van der Waals surface area contributed by atoms with Crippen molar-refractivity contribution in [3.8, 4) is 11.1 Å². The van der Waals surface area contributed by atoms with Crippen molar-refractivity contribution in [1.82, 2.24) is 10.2 Å². The summed E-state index contributed by atoms with van der Waals surface area (Å²) < 4.78 is 52.9. The van der Waals surface area contributed by atoms with Gasteiger partial charge in [0.15, 0.2) is 12.5 Å². The van der Waals surface area contributed by atoms with Crippen LogP contribution in [0.5, 0.6) is 0 Å². The number of aromatic nitrogens is 1. The van der Waals surface area contributed by atoms with Gasteiger partial charge in [-0.3, -0.25) is 9.59 Å². The first-order valence-electron chi connectivity index (χ1n) is 16.3. The van der Waals surface area contributed by atoms with Gasteiger partial charge in [-0.05, 0) is 46.7 Å². The normalized spacial score (nSPS) is 20.8. The Bertz CT molecular complexity index is 1790. The summed E-state index contributed by atoms with van der Waals surface area (Å²) in [6, 6.07) is 26.7. The summed E-state index contributed by atoms with van der Waals surface area (Å²) in [4.78, 5) is 25.4. The van der Waals surface area contributed by atoms with Gasteiger partial charge in [0, 0.05) is 43.0 Å². The van der Waals surface area contributed by atoms with Crippen LogP contribution in [0.15, 0.2) is 102 Å². The van der Waals surface area contributed by atoms with Crippen molar-refractivity contribution >= 4 is 23.6 Å². The number of benzene rings is 3. The third kappa shape index (κ3) is 8.29. The number of nitrogens with zero attached hydrogens (tertiary/aromatic N) is 2. The molecular formula is C37H36F3N3O6S. The summed E-state index contributed by atoms with van der Waals surface area (Å²) >= 11 is 1.41. The van der Waals surface area contributed by atoms with Gasteiger partial charge >= 0.3 is 12.1 Å². The number of likely N-dealkylation sites (tertiary alicyclic amines) is 1. The van der Waals surface area contributed by atoms with Crippen LogP contribution in [-0.2, 0) is 32.2 Å². The molecule has 13 heteroatoms. The first-order chi connectivity index (χ1) is 24.1.